The van der Waals surface area contributed by atoms with Gasteiger partial charge >= 0.3 is 0 Å². The average molecular weight is 443 g/mol. The third kappa shape index (κ3) is 2.66. The number of hydrogen-bond acceptors (Lipinski definition) is 2. The van der Waals surface area contributed by atoms with E-state index in [1.54, 1.807) is 0 Å². The van der Waals surface area contributed by atoms with Crippen LogP contribution in [0.4, 0.5) is 0 Å². The van der Waals surface area contributed by atoms with E-state index in [9.17, 15) is 10.2 Å². The molecule has 0 amide bonds. The number of aliphatic hydroxyl groups is 2. The first kappa shape index (κ1) is 23.4. The van der Waals surface area contributed by atoms with Gasteiger partial charge in [-0.15, -0.1) is 0 Å². The van der Waals surface area contributed by atoms with Crippen molar-refractivity contribution in [1.82, 2.24) is 0 Å². The fraction of sp³-hybridized carbons (Fsp3) is 0.933. The Labute approximate surface area is 197 Å². The maximum absolute atomic E-state index is 10.9. The first-order valence-electron chi connectivity index (χ1n) is 13.8. The highest BCUT2D eigenvalue weighted by molar-refractivity contribution is 5.21. The maximum atomic E-state index is 10.9. The van der Waals surface area contributed by atoms with Crippen molar-refractivity contribution in [3.63, 3.8) is 0 Å². The van der Waals surface area contributed by atoms with Gasteiger partial charge in [0.05, 0.1) is 6.10 Å². The molecule has 2 nitrogen and oxygen atoms in total. The summed E-state index contributed by atoms with van der Waals surface area (Å²) in [4.78, 5) is 0. The van der Waals surface area contributed by atoms with Gasteiger partial charge in [-0.2, -0.15) is 0 Å². The van der Waals surface area contributed by atoms with Crippen LogP contribution in [0.15, 0.2) is 12.2 Å². The van der Waals surface area contributed by atoms with Gasteiger partial charge in [-0.3, -0.25) is 0 Å². The fourth-order valence-electron chi connectivity index (χ4n) is 11.5. The lowest BCUT2D eigenvalue weighted by Gasteiger charge is -2.73. The van der Waals surface area contributed by atoms with Crippen LogP contribution in [0.2, 0.25) is 0 Å². The normalized spacial score (nSPS) is 56.5. The number of aliphatic hydroxyl groups excluding tert-OH is 2. The predicted octanol–water partition coefficient (Wildman–Crippen LogP) is 7.00. The fourth-order valence-corrected chi connectivity index (χ4v) is 11.5. The van der Waals surface area contributed by atoms with Crippen LogP contribution in [-0.2, 0) is 0 Å². The van der Waals surface area contributed by atoms with Crippen LogP contribution in [-0.4, -0.2) is 22.9 Å². The topological polar surface area (TPSA) is 40.5 Å². The molecule has 0 saturated heterocycles. The van der Waals surface area contributed by atoms with Crippen LogP contribution in [0.5, 0.6) is 0 Å². The second-order valence-electron chi connectivity index (χ2n) is 14.6. The Morgan fingerprint density at radius 2 is 1.53 bits per heavy atom. The minimum Gasteiger partial charge on any atom is -0.396 e. The molecule has 0 bridgehead atoms. The van der Waals surface area contributed by atoms with E-state index in [4.69, 9.17) is 0 Å². The molecular formula is C30H50O2. The Balaban J connectivity index is 1.55. The quantitative estimate of drug-likeness (QED) is 0.452. The third-order valence-electron chi connectivity index (χ3n) is 13.5. The van der Waals surface area contributed by atoms with E-state index in [1.165, 1.54) is 63.4 Å². The summed E-state index contributed by atoms with van der Waals surface area (Å²) < 4.78 is 0. The van der Waals surface area contributed by atoms with E-state index in [-0.39, 0.29) is 16.9 Å². The summed E-state index contributed by atoms with van der Waals surface area (Å²) in [5.74, 6) is 3.33. The first-order chi connectivity index (χ1) is 14.9. The largest absolute Gasteiger partial charge is 0.396 e. The summed E-state index contributed by atoms with van der Waals surface area (Å²) in [5, 5.41) is 21.5. The molecule has 182 valence electrons. The van der Waals surface area contributed by atoms with E-state index < -0.39 is 0 Å². The highest BCUT2D eigenvalue weighted by Crippen LogP contribution is 2.77. The van der Waals surface area contributed by atoms with Gasteiger partial charge in [0.15, 0.2) is 0 Å². The lowest BCUT2D eigenvalue weighted by atomic mass is 9.32. The smallest absolute Gasteiger partial charge is 0.0594 e. The molecule has 0 aromatic rings. The molecule has 0 aromatic heterocycles. The highest BCUT2D eigenvalue weighted by Gasteiger charge is 2.70. The van der Waals surface area contributed by atoms with Crippen LogP contribution in [0.25, 0.3) is 0 Å². The van der Waals surface area contributed by atoms with Crippen molar-refractivity contribution >= 4 is 0 Å². The van der Waals surface area contributed by atoms with Crippen LogP contribution >= 0.6 is 0 Å². The Bertz CT molecular complexity index is 786. The van der Waals surface area contributed by atoms with Gasteiger partial charge in [-0.1, -0.05) is 46.8 Å². The van der Waals surface area contributed by atoms with Crippen molar-refractivity contribution in [2.24, 2.45) is 56.7 Å². The zero-order valence-corrected chi connectivity index (χ0v) is 21.8. The molecule has 0 radical (unpaired) electrons. The molecule has 5 fully saturated rings. The summed E-state index contributed by atoms with van der Waals surface area (Å²) in [5.41, 5.74) is 2.60. The monoisotopic (exact) mass is 442 g/mol. The average Bonchev–Trinajstić information content (AvgIpc) is 3.12. The predicted molar refractivity (Wildman–Crippen MR) is 132 cm³/mol. The summed E-state index contributed by atoms with van der Waals surface area (Å²) in [7, 11) is 0. The Hall–Kier alpha value is -0.340. The van der Waals surface area contributed by atoms with Gasteiger partial charge < -0.3 is 10.2 Å². The first-order valence-corrected chi connectivity index (χ1v) is 13.8. The molecule has 0 heterocycles. The van der Waals surface area contributed by atoms with Crippen molar-refractivity contribution in [2.75, 3.05) is 6.61 Å². The molecule has 5 saturated carbocycles. The van der Waals surface area contributed by atoms with E-state index in [1.807, 2.05) is 0 Å². The number of fused-ring (bicyclic) bond motifs is 7. The van der Waals surface area contributed by atoms with Crippen LogP contribution in [0, 0.1) is 56.7 Å². The maximum Gasteiger partial charge on any atom is 0.0594 e. The summed E-state index contributed by atoms with van der Waals surface area (Å²) in [6.07, 6.45) is 12.2. The lowest BCUT2D eigenvalue weighted by Crippen LogP contribution is -2.66. The Morgan fingerprint density at radius 1 is 0.812 bits per heavy atom. The van der Waals surface area contributed by atoms with Crippen molar-refractivity contribution in [1.29, 1.82) is 0 Å². The standard InChI is InChI=1S/C30H50O2/c1-19(2)20-10-15-30(18-31)17-16-28(6)21(25(20)30)8-9-23-27(5)13-12-24(32)26(3,4)22(27)11-14-29(23,28)7/h20-25,31-32H,1,8-18H2,2-7H3/t20-,21+,22-,23-,24-,25+,27-,28+,29+,30+/m0/s1. The zero-order valence-electron chi connectivity index (χ0n) is 21.8. The van der Waals surface area contributed by atoms with E-state index in [0.717, 1.165) is 18.3 Å². The third-order valence-corrected chi connectivity index (χ3v) is 13.5. The summed E-state index contributed by atoms with van der Waals surface area (Å²) >= 11 is 0. The number of hydrogen-bond donors (Lipinski definition) is 2. The van der Waals surface area contributed by atoms with Gasteiger partial charge in [0.1, 0.15) is 0 Å². The molecule has 0 aliphatic heterocycles. The second kappa shape index (κ2) is 7.09. The molecule has 5 aliphatic rings. The van der Waals surface area contributed by atoms with Crippen molar-refractivity contribution in [2.45, 2.75) is 112 Å². The molecule has 2 heteroatoms. The number of allylic oxidation sites excluding steroid dienone is 1. The van der Waals surface area contributed by atoms with Crippen molar-refractivity contribution < 1.29 is 10.2 Å². The summed E-state index contributed by atoms with van der Waals surface area (Å²) in [6.45, 7) is 19.7. The molecule has 5 aliphatic carbocycles. The Morgan fingerprint density at radius 3 is 2.19 bits per heavy atom. The van der Waals surface area contributed by atoms with Crippen LogP contribution in [0.1, 0.15) is 106 Å². The van der Waals surface area contributed by atoms with Gasteiger partial charge in [0.2, 0.25) is 0 Å². The SMILES string of the molecule is C=C(C)[C@@H]1CC[C@]2(CO)CC[C@]3(C)[C@H](CC[C@H]4[C@@]5(C)CC[C@H](O)C(C)(C)[C@@H]5CC[C@]43C)[C@@H]12. The molecule has 2 N–H and O–H groups in total. The highest BCUT2D eigenvalue weighted by atomic mass is 16.3. The van der Waals surface area contributed by atoms with Crippen molar-refractivity contribution in [3.8, 4) is 0 Å². The Kier molecular flexibility index (Phi) is 5.19. The van der Waals surface area contributed by atoms with Gasteiger partial charge in [-0.25, -0.2) is 0 Å². The van der Waals surface area contributed by atoms with Crippen molar-refractivity contribution in [3.05, 3.63) is 12.2 Å². The van der Waals surface area contributed by atoms with E-state index in [2.05, 4.69) is 48.1 Å². The minimum atomic E-state index is -0.147. The molecule has 0 aromatic carbocycles. The number of rotatable bonds is 2. The molecular weight excluding hydrogens is 392 g/mol. The van der Waals surface area contributed by atoms with Crippen LogP contribution < -0.4 is 0 Å². The molecule has 0 spiro atoms. The molecule has 32 heavy (non-hydrogen) atoms. The van der Waals surface area contributed by atoms with E-state index >= 15 is 0 Å². The van der Waals surface area contributed by atoms with Gasteiger partial charge in [0, 0.05) is 6.61 Å². The van der Waals surface area contributed by atoms with Gasteiger partial charge in [-0.05, 0) is 128 Å². The zero-order chi connectivity index (χ0) is 23.3. The molecule has 10 atom stereocenters. The van der Waals surface area contributed by atoms with E-state index in [0.29, 0.717) is 40.6 Å². The van der Waals surface area contributed by atoms with Gasteiger partial charge in [0.25, 0.3) is 0 Å². The second-order valence-corrected chi connectivity index (χ2v) is 14.6. The molecule has 0 unspecified atom stereocenters. The molecule has 5 rings (SSSR count). The summed E-state index contributed by atoms with van der Waals surface area (Å²) in [6, 6.07) is 0. The lowest BCUT2D eigenvalue weighted by molar-refractivity contribution is -0.249. The minimum absolute atomic E-state index is 0.0290. The van der Waals surface area contributed by atoms with Crippen LogP contribution in [0.3, 0.4) is 0 Å².